The summed E-state index contributed by atoms with van der Waals surface area (Å²) >= 11 is 0. The van der Waals surface area contributed by atoms with Gasteiger partial charge in [0.15, 0.2) is 0 Å². The number of fused-ring (bicyclic) bond motifs is 1. The average Bonchev–Trinajstić information content (AvgIpc) is 3.10. The van der Waals surface area contributed by atoms with Crippen LogP contribution in [0.1, 0.15) is 59.4 Å². The normalized spacial score (nSPS) is 13.4. The molecule has 3 rings (SSSR count). The molecule has 2 aromatic carbocycles. The maximum Gasteiger partial charge on any atom is 0.261 e. The molecule has 0 unspecified atom stereocenters. The highest BCUT2D eigenvalue weighted by Gasteiger charge is 2.35. The van der Waals surface area contributed by atoms with Gasteiger partial charge < -0.3 is 15.0 Å². The van der Waals surface area contributed by atoms with Crippen molar-refractivity contribution in [2.24, 2.45) is 0 Å². The topological polar surface area (TPSA) is 96.0 Å². The van der Waals surface area contributed by atoms with Crippen molar-refractivity contribution in [1.29, 1.82) is 0 Å². The van der Waals surface area contributed by atoms with E-state index in [0.29, 0.717) is 29.8 Å². The molecule has 0 radical (unpaired) electrons. The number of nitrogens with one attached hydrogen (secondary N) is 1. The quantitative estimate of drug-likeness (QED) is 0.515. The van der Waals surface area contributed by atoms with Crippen molar-refractivity contribution >= 4 is 23.6 Å². The van der Waals surface area contributed by atoms with Crippen molar-refractivity contribution in [3.63, 3.8) is 0 Å². The minimum atomic E-state index is -0.676. The van der Waals surface area contributed by atoms with Crippen molar-refractivity contribution in [2.45, 2.75) is 45.7 Å². The van der Waals surface area contributed by atoms with E-state index in [2.05, 4.69) is 5.32 Å². The van der Waals surface area contributed by atoms with Crippen LogP contribution in [0.5, 0.6) is 5.75 Å². The molecule has 180 valence electrons. The first-order valence-electron chi connectivity index (χ1n) is 11.5. The lowest BCUT2D eigenvalue weighted by atomic mass is 10.1. The zero-order valence-corrected chi connectivity index (χ0v) is 19.9. The van der Waals surface area contributed by atoms with Crippen LogP contribution < -0.4 is 10.1 Å². The summed E-state index contributed by atoms with van der Waals surface area (Å²) in [5.74, 6) is -0.460. The third kappa shape index (κ3) is 5.62. The van der Waals surface area contributed by atoms with Gasteiger partial charge in [0.2, 0.25) is 11.8 Å². The SMILES string of the molecule is CCCNC(=O)[C@H](C)N(Cc1cccc(OC)c1)C(=O)CCCN1C(=O)c2ccccc2C1=O. The zero-order chi connectivity index (χ0) is 24.7. The summed E-state index contributed by atoms with van der Waals surface area (Å²) < 4.78 is 5.27. The Labute approximate surface area is 199 Å². The molecule has 0 bridgehead atoms. The van der Waals surface area contributed by atoms with Crippen LogP contribution >= 0.6 is 0 Å². The molecule has 1 aliphatic rings. The molecule has 4 amide bonds. The van der Waals surface area contributed by atoms with Gasteiger partial charge in [-0.1, -0.05) is 31.2 Å². The summed E-state index contributed by atoms with van der Waals surface area (Å²) in [6, 6.07) is 13.4. The predicted octanol–water partition coefficient (Wildman–Crippen LogP) is 3.01. The summed E-state index contributed by atoms with van der Waals surface area (Å²) in [5, 5.41) is 2.84. The molecule has 0 saturated carbocycles. The minimum absolute atomic E-state index is 0.1000. The summed E-state index contributed by atoms with van der Waals surface area (Å²) in [4.78, 5) is 53.7. The number of imide groups is 1. The van der Waals surface area contributed by atoms with E-state index in [4.69, 9.17) is 4.74 Å². The Balaban J connectivity index is 1.67. The lowest BCUT2D eigenvalue weighted by Gasteiger charge is -2.29. The first kappa shape index (κ1) is 25.0. The molecular weight excluding hydrogens is 434 g/mol. The van der Waals surface area contributed by atoms with Crippen LogP contribution in [0.15, 0.2) is 48.5 Å². The van der Waals surface area contributed by atoms with E-state index in [9.17, 15) is 19.2 Å². The minimum Gasteiger partial charge on any atom is -0.497 e. The largest absolute Gasteiger partial charge is 0.497 e. The number of ether oxygens (including phenoxy) is 1. The van der Waals surface area contributed by atoms with Gasteiger partial charge in [0, 0.05) is 26.1 Å². The van der Waals surface area contributed by atoms with E-state index in [-0.39, 0.29) is 43.1 Å². The van der Waals surface area contributed by atoms with E-state index in [0.717, 1.165) is 12.0 Å². The molecule has 0 aromatic heterocycles. The smallest absolute Gasteiger partial charge is 0.261 e. The van der Waals surface area contributed by atoms with Crippen LogP contribution in [-0.4, -0.2) is 59.7 Å². The first-order chi connectivity index (χ1) is 16.4. The highest BCUT2D eigenvalue weighted by Crippen LogP contribution is 2.23. The summed E-state index contributed by atoms with van der Waals surface area (Å²) in [6.45, 7) is 4.58. The van der Waals surface area contributed by atoms with Crippen molar-refractivity contribution in [2.75, 3.05) is 20.2 Å². The fourth-order valence-corrected chi connectivity index (χ4v) is 3.92. The summed E-state index contributed by atoms with van der Waals surface area (Å²) in [7, 11) is 1.57. The second kappa shape index (κ2) is 11.4. The van der Waals surface area contributed by atoms with Crippen LogP contribution in [-0.2, 0) is 16.1 Å². The molecule has 1 aliphatic heterocycles. The molecule has 0 fully saturated rings. The van der Waals surface area contributed by atoms with Gasteiger partial charge in [-0.3, -0.25) is 24.1 Å². The van der Waals surface area contributed by atoms with Crippen molar-refractivity contribution < 1.29 is 23.9 Å². The van der Waals surface area contributed by atoms with Gasteiger partial charge in [-0.2, -0.15) is 0 Å². The van der Waals surface area contributed by atoms with E-state index in [1.807, 2.05) is 31.2 Å². The highest BCUT2D eigenvalue weighted by molar-refractivity contribution is 6.21. The van der Waals surface area contributed by atoms with Crippen molar-refractivity contribution in [3.8, 4) is 5.75 Å². The van der Waals surface area contributed by atoms with Crippen LogP contribution in [0.3, 0.4) is 0 Å². The average molecular weight is 466 g/mol. The van der Waals surface area contributed by atoms with Crippen LogP contribution in [0.25, 0.3) is 0 Å². The Morgan fingerprint density at radius 2 is 1.74 bits per heavy atom. The van der Waals surface area contributed by atoms with Gasteiger partial charge >= 0.3 is 0 Å². The third-order valence-corrected chi connectivity index (χ3v) is 5.85. The van der Waals surface area contributed by atoms with Crippen LogP contribution in [0.2, 0.25) is 0 Å². The Kier molecular flexibility index (Phi) is 8.40. The first-order valence-corrected chi connectivity index (χ1v) is 11.5. The number of rotatable bonds is 11. The molecule has 1 atom stereocenters. The van der Waals surface area contributed by atoms with E-state index >= 15 is 0 Å². The van der Waals surface area contributed by atoms with E-state index in [1.165, 1.54) is 9.80 Å². The number of carbonyl (C=O) groups is 4. The molecule has 34 heavy (non-hydrogen) atoms. The highest BCUT2D eigenvalue weighted by atomic mass is 16.5. The Bertz CT molecular complexity index is 1030. The number of nitrogens with zero attached hydrogens (tertiary/aromatic N) is 2. The maximum absolute atomic E-state index is 13.2. The molecule has 0 spiro atoms. The van der Waals surface area contributed by atoms with Gasteiger partial charge in [-0.25, -0.2) is 0 Å². The number of methoxy groups -OCH3 is 1. The third-order valence-electron chi connectivity index (χ3n) is 5.85. The second-order valence-corrected chi connectivity index (χ2v) is 8.25. The lowest BCUT2D eigenvalue weighted by molar-refractivity contribution is -0.140. The van der Waals surface area contributed by atoms with E-state index < -0.39 is 6.04 Å². The second-order valence-electron chi connectivity index (χ2n) is 8.25. The van der Waals surface area contributed by atoms with Crippen molar-refractivity contribution in [3.05, 3.63) is 65.2 Å². The molecule has 0 aliphatic carbocycles. The number of carbonyl (C=O) groups excluding carboxylic acids is 4. The number of benzene rings is 2. The van der Waals surface area contributed by atoms with Crippen LogP contribution in [0.4, 0.5) is 0 Å². The van der Waals surface area contributed by atoms with Gasteiger partial charge in [-0.15, -0.1) is 0 Å². The van der Waals surface area contributed by atoms with Gasteiger partial charge in [0.05, 0.1) is 18.2 Å². The number of hydrogen-bond donors (Lipinski definition) is 1. The predicted molar refractivity (Wildman–Crippen MR) is 127 cm³/mol. The fourth-order valence-electron chi connectivity index (χ4n) is 3.92. The lowest BCUT2D eigenvalue weighted by Crippen LogP contribution is -2.47. The molecule has 8 heteroatoms. The zero-order valence-electron chi connectivity index (χ0n) is 19.9. The molecule has 2 aromatic rings. The summed E-state index contributed by atoms with van der Waals surface area (Å²) in [6.07, 6.45) is 1.20. The van der Waals surface area contributed by atoms with Crippen LogP contribution in [0, 0.1) is 0 Å². The Morgan fingerprint density at radius 3 is 2.35 bits per heavy atom. The van der Waals surface area contributed by atoms with Gasteiger partial charge in [0.25, 0.3) is 11.8 Å². The fraction of sp³-hybridized carbons (Fsp3) is 0.385. The number of hydrogen-bond acceptors (Lipinski definition) is 5. The Hall–Kier alpha value is -3.68. The summed E-state index contributed by atoms with van der Waals surface area (Å²) in [5.41, 5.74) is 1.61. The van der Waals surface area contributed by atoms with Gasteiger partial charge in [0.1, 0.15) is 11.8 Å². The molecule has 1 N–H and O–H groups in total. The Morgan fingerprint density at radius 1 is 1.06 bits per heavy atom. The number of amides is 4. The van der Waals surface area contributed by atoms with Crippen molar-refractivity contribution in [1.82, 2.24) is 15.1 Å². The molecular formula is C26H31N3O5. The molecule has 0 saturated heterocycles. The monoisotopic (exact) mass is 465 g/mol. The standard InChI is InChI=1S/C26H31N3O5/c1-4-14-27-24(31)18(2)29(17-19-9-7-10-20(16-19)34-3)23(30)13-8-15-28-25(32)21-11-5-6-12-22(21)26(28)33/h5-7,9-12,16,18H,4,8,13-15,17H2,1-3H3,(H,27,31)/t18-/m0/s1. The molecule has 8 nitrogen and oxygen atoms in total. The van der Waals surface area contributed by atoms with Gasteiger partial charge in [-0.05, 0) is 49.6 Å². The van der Waals surface area contributed by atoms with E-state index in [1.54, 1.807) is 38.3 Å². The molecule has 1 heterocycles. The maximum atomic E-state index is 13.2.